The molecule has 0 heterocycles. The van der Waals surface area contributed by atoms with Crippen LogP contribution in [0.5, 0.6) is 11.5 Å². The van der Waals surface area contributed by atoms with E-state index in [1.165, 1.54) is 0 Å². The van der Waals surface area contributed by atoms with Crippen LogP contribution in [-0.4, -0.2) is 13.7 Å². The molecule has 2 aromatic carbocycles. The lowest BCUT2D eigenvalue weighted by atomic mass is 9.98. The van der Waals surface area contributed by atoms with E-state index in [9.17, 15) is 0 Å². The van der Waals surface area contributed by atoms with Gasteiger partial charge in [0.25, 0.3) is 0 Å². The van der Waals surface area contributed by atoms with Gasteiger partial charge >= 0.3 is 0 Å². The standard InChI is InChI=1S/C17H20BrNO2/c1-3-9-21-14-6-4-5-12(10-14)17(19)15-11-13(18)7-8-16(15)20-2/h4-8,10-11,17H,3,9,19H2,1-2H3. The Morgan fingerprint density at radius 1 is 1.19 bits per heavy atom. The summed E-state index contributed by atoms with van der Waals surface area (Å²) >= 11 is 3.48. The van der Waals surface area contributed by atoms with Crippen LogP contribution in [0.2, 0.25) is 0 Å². The monoisotopic (exact) mass is 349 g/mol. The van der Waals surface area contributed by atoms with Gasteiger partial charge in [-0.05, 0) is 42.3 Å². The van der Waals surface area contributed by atoms with Crippen LogP contribution in [0.1, 0.15) is 30.5 Å². The number of benzene rings is 2. The molecule has 0 bridgehead atoms. The maximum absolute atomic E-state index is 6.40. The van der Waals surface area contributed by atoms with Gasteiger partial charge in [0.05, 0.1) is 19.8 Å². The van der Waals surface area contributed by atoms with Crippen molar-refractivity contribution in [2.24, 2.45) is 5.73 Å². The molecular formula is C17H20BrNO2. The minimum Gasteiger partial charge on any atom is -0.496 e. The van der Waals surface area contributed by atoms with Crippen molar-refractivity contribution in [2.45, 2.75) is 19.4 Å². The van der Waals surface area contributed by atoms with Gasteiger partial charge in [-0.1, -0.05) is 35.0 Å². The summed E-state index contributed by atoms with van der Waals surface area (Å²) in [6, 6.07) is 13.5. The van der Waals surface area contributed by atoms with Gasteiger partial charge in [0, 0.05) is 10.0 Å². The highest BCUT2D eigenvalue weighted by Crippen LogP contribution is 2.32. The topological polar surface area (TPSA) is 44.5 Å². The van der Waals surface area contributed by atoms with Gasteiger partial charge in [-0.25, -0.2) is 0 Å². The molecule has 0 amide bonds. The molecule has 0 aliphatic rings. The second kappa shape index (κ2) is 7.48. The number of halogens is 1. The van der Waals surface area contributed by atoms with Gasteiger partial charge in [0.15, 0.2) is 0 Å². The molecule has 0 spiro atoms. The second-order valence-electron chi connectivity index (χ2n) is 4.78. The largest absolute Gasteiger partial charge is 0.496 e. The van der Waals surface area contributed by atoms with Crippen molar-refractivity contribution in [2.75, 3.05) is 13.7 Å². The zero-order chi connectivity index (χ0) is 15.2. The number of hydrogen-bond donors (Lipinski definition) is 1. The van der Waals surface area contributed by atoms with Gasteiger partial charge in [-0.15, -0.1) is 0 Å². The molecule has 21 heavy (non-hydrogen) atoms. The minimum absolute atomic E-state index is 0.261. The summed E-state index contributed by atoms with van der Waals surface area (Å²) in [6.45, 7) is 2.79. The van der Waals surface area contributed by atoms with Crippen molar-refractivity contribution in [1.82, 2.24) is 0 Å². The molecule has 2 N–H and O–H groups in total. The average molecular weight is 350 g/mol. The number of hydrogen-bond acceptors (Lipinski definition) is 3. The Morgan fingerprint density at radius 3 is 2.71 bits per heavy atom. The maximum Gasteiger partial charge on any atom is 0.124 e. The van der Waals surface area contributed by atoms with Gasteiger partial charge in [-0.3, -0.25) is 0 Å². The summed E-state index contributed by atoms with van der Waals surface area (Å²) in [5, 5.41) is 0. The van der Waals surface area contributed by atoms with E-state index in [4.69, 9.17) is 15.2 Å². The van der Waals surface area contributed by atoms with Crippen molar-refractivity contribution < 1.29 is 9.47 Å². The third kappa shape index (κ3) is 3.99. The lowest BCUT2D eigenvalue weighted by molar-refractivity contribution is 0.317. The van der Waals surface area contributed by atoms with E-state index in [-0.39, 0.29) is 6.04 Å². The van der Waals surface area contributed by atoms with Crippen LogP contribution >= 0.6 is 15.9 Å². The zero-order valence-electron chi connectivity index (χ0n) is 12.3. The highest BCUT2D eigenvalue weighted by molar-refractivity contribution is 9.10. The van der Waals surface area contributed by atoms with Crippen molar-refractivity contribution in [1.29, 1.82) is 0 Å². The highest BCUT2D eigenvalue weighted by atomic mass is 79.9. The Hall–Kier alpha value is -1.52. The van der Waals surface area contributed by atoms with E-state index < -0.39 is 0 Å². The van der Waals surface area contributed by atoms with Crippen LogP contribution in [-0.2, 0) is 0 Å². The maximum atomic E-state index is 6.40. The van der Waals surface area contributed by atoms with Crippen LogP contribution in [0.3, 0.4) is 0 Å². The summed E-state index contributed by atoms with van der Waals surface area (Å²) in [5.74, 6) is 1.63. The first-order chi connectivity index (χ1) is 10.2. The van der Waals surface area contributed by atoms with E-state index in [2.05, 4.69) is 22.9 Å². The first kappa shape index (κ1) is 15.9. The zero-order valence-corrected chi connectivity index (χ0v) is 13.9. The van der Waals surface area contributed by atoms with Crippen LogP contribution < -0.4 is 15.2 Å². The van der Waals surface area contributed by atoms with Crippen LogP contribution in [0, 0.1) is 0 Å². The quantitative estimate of drug-likeness (QED) is 0.845. The predicted octanol–water partition coefficient (Wildman–Crippen LogP) is 4.29. The summed E-state index contributed by atoms with van der Waals surface area (Å²) < 4.78 is 12.1. The molecule has 0 saturated carbocycles. The molecule has 112 valence electrons. The normalized spacial score (nSPS) is 12.0. The number of methoxy groups -OCH3 is 1. The van der Waals surface area contributed by atoms with E-state index in [1.807, 2.05) is 42.5 Å². The molecule has 0 saturated heterocycles. The smallest absolute Gasteiger partial charge is 0.124 e. The third-order valence-corrected chi connectivity index (χ3v) is 3.71. The molecular weight excluding hydrogens is 330 g/mol. The van der Waals surface area contributed by atoms with Crippen LogP contribution in [0.4, 0.5) is 0 Å². The fourth-order valence-electron chi connectivity index (χ4n) is 2.15. The lowest BCUT2D eigenvalue weighted by Crippen LogP contribution is -2.13. The first-order valence-electron chi connectivity index (χ1n) is 6.97. The molecule has 0 fully saturated rings. The second-order valence-corrected chi connectivity index (χ2v) is 5.70. The molecule has 2 rings (SSSR count). The molecule has 0 aromatic heterocycles. The number of ether oxygens (including phenoxy) is 2. The summed E-state index contributed by atoms with van der Waals surface area (Å²) in [7, 11) is 1.65. The summed E-state index contributed by atoms with van der Waals surface area (Å²) in [5.41, 5.74) is 8.35. The number of rotatable bonds is 6. The molecule has 1 unspecified atom stereocenters. The van der Waals surface area contributed by atoms with Crippen molar-refractivity contribution in [3.05, 3.63) is 58.1 Å². The summed E-state index contributed by atoms with van der Waals surface area (Å²) in [4.78, 5) is 0. The molecule has 0 radical (unpaired) electrons. The van der Waals surface area contributed by atoms with Gasteiger partial charge < -0.3 is 15.2 Å². The molecule has 0 aliphatic carbocycles. The molecule has 4 heteroatoms. The van der Waals surface area contributed by atoms with E-state index in [0.717, 1.165) is 33.5 Å². The molecule has 3 nitrogen and oxygen atoms in total. The van der Waals surface area contributed by atoms with Gasteiger partial charge in [0.2, 0.25) is 0 Å². The lowest BCUT2D eigenvalue weighted by Gasteiger charge is -2.17. The fraction of sp³-hybridized carbons (Fsp3) is 0.294. The Morgan fingerprint density at radius 2 is 2.00 bits per heavy atom. The predicted molar refractivity (Wildman–Crippen MR) is 89.0 cm³/mol. The summed E-state index contributed by atoms with van der Waals surface area (Å²) in [6.07, 6.45) is 0.982. The highest BCUT2D eigenvalue weighted by Gasteiger charge is 2.15. The minimum atomic E-state index is -0.261. The number of nitrogens with two attached hydrogens (primary N) is 1. The molecule has 0 aliphatic heterocycles. The van der Waals surface area contributed by atoms with E-state index in [0.29, 0.717) is 6.61 Å². The van der Waals surface area contributed by atoms with Crippen LogP contribution in [0.25, 0.3) is 0 Å². The van der Waals surface area contributed by atoms with Crippen LogP contribution in [0.15, 0.2) is 46.9 Å². The molecule has 1 atom stereocenters. The third-order valence-electron chi connectivity index (χ3n) is 3.22. The van der Waals surface area contributed by atoms with Crippen molar-refractivity contribution in [3.63, 3.8) is 0 Å². The van der Waals surface area contributed by atoms with Gasteiger partial charge in [0.1, 0.15) is 11.5 Å². The first-order valence-corrected chi connectivity index (χ1v) is 7.76. The van der Waals surface area contributed by atoms with Crippen molar-refractivity contribution in [3.8, 4) is 11.5 Å². The average Bonchev–Trinajstić information content (AvgIpc) is 2.52. The van der Waals surface area contributed by atoms with E-state index >= 15 is 0 Å². The fourth-order valence-corrected chi connectivity index (χ4v) is 2.52. The molecule has 2 aromatic rings. The Balaban J connectivity index is 2.31. The van der Waals surface area contributed by atoms with Crippen molar-refractivity contribution >= 4 is 15.9 Å². The SMILES string of the molecule is CCCOc1cccc(C(N)c2cc(Br)ccc2OC)c1. The Labute approximate surface area is 134 Å². The van der Waals surface area contributed by atoms with E-state index in [1.54, 1.807) is 7.11 Å². The Kier molecular flexibility index (Phi) is 5.65. The van der Waals surface area contributed by atoms with Gasteiger partial charge in [-0.2, -0.15) is 0 Å². The Bertz CT molecular complexity index is 601.